The van der Waals surface area contributed by atoms with Crippen LogP contribution in [0.1, 0.15) is 75.4 Å². The number of aliphatic hydroxyl groups excluding tert-OH is 1. The molecule has 20 heteroatoms. The average molecular weight is 1040 g/mol. The number of phenols is 1. The van der Waals surface area contributed by atoms with Crippen molar-refractivity contribution in [1.29, 1.82) is 0 Å². The Bertz CT molecular complexity index is 2910. The van der Waals surface area contributed by atoms with Crippen molar-refractivity contribution < 1.29 is 33.8 Å². The quantitative estimate of drug-likeness (QED) is 0.0758. The minimum atomic E-state index is -0.830. The number of fused-ring (bicyclic) bond motifs is 4. The summed E-state index contributed by atoms with van der Waals surface area (Å²) in [5.41, 5.74) is 14.4. The summed E-state index contributed by atoms with van der Waals surface area (Å²) in [7, 11) is 0. The lowest BCUT2D eigenvalue weighted by Crippen LogP contribution is -2.57. The molecule has 396 valence electrons. The lowest BCUT2D eigenvalue weighted by Gasteiger charge is -2.46. The summed E-state index contributed by atoms with van der Waals surface area (Å²) in [5.74, 6) is 0.315. The molecule has 0 spiro atoms. The fourth-order valence-corrected chi connectivity index (χ4v) is 12.0. The summed E-state index contributed by atoms with van der Waals surface area (Å²) < 4.78 is 18.0. The van der Waals surface area contributed by atoms with Crippen molar-refractivity contribution in [3.8, 4) is 39.2 Å². The fourth-order valence-electron chi connectivity index (χ4n) is 11.1. The molecule has 3 unspecified atom stereocenters. The number of aromatic hydroxyl groups is 1. The summed E-state index contributed by atoms with van der Waals surface area (Å²) >= 11 is 1.59. The summed E-state index contributed by atoms with van der Waals surface area (Å²) in [5, 5.41) is 37.1. The van der Waals surface area contributed by atoms with Gasteiger partial charge in [0.25, 0.3) is 5.88 Å². The number of nitrogens with one attached hydrogen (secondary N) is 1. The number of nitrogens with zero attached hydrogens (tertiary/aromatic N) is 10. The second-order valence-corrected chi connectivity index (χ2v) is 21.5. The van der Waals surface area contributed by atoms with Crippen molar-refractivity contribution in [2.75, 3.05) is 87.7 Å². The molecule has 2 bridgehead atoms. The van der Waals surface area contributed by atoms with Gasteiger partial charge < -0.3 is 50.0 Å². The molecule has 5 aliphatic rings. The molecule has 2 amide bonds. The molecule has 5 fully saturated rings. The largest absolute Gasteiger partial charge is 0.507 e. The number of anilines is 3. The van der Waals surface area contributed by atoms with Crippen LogP contribution in [-0.2, 0) is 9.59 Å². The van der Waals surface area contributed by atoms with Crippen molar-refractivity contribution in [2.24, 2.45) is 5.92 Å². The number of aliphatic hydroxyl groups is 1. The first kappa shape index (κ1) is 51.6. The van der Waals surface area contributed by atoms with Crippen LogP contribution in [0.2, 0.25) is 0 Å². The Labute approximate surface area is 441 Å². The molecule has 0 aliphatic carbocycles. The smallest absolute Gasteiger partial charge is 0.254 e. The highest BCUT2D eigenvalue weighted by atomic mass is 32.1. The van der Waals surface area contributed by atoms with Crippen molar-refractivity contribution >= 4 is 40.3 Å². The number of ether oxygens (including phenoxy) is 2. The Morgan fingerprint density at radius 2 is 1.57 bits per heavy atom. The number of aromatic nitrogens is 5. The molecule has 6 atom stereocenters. The van der Waals surface area contributed by atoms with Gasteiger partial charge in [-0.1, -0.05) is 50.2 Å². The maximum absolute atomic E-state index is 14.2. The lowest BCUT2D eigenvalue weighted by molar-refractivity contribution is -0.141. The van der Waals surface area contributed by atoms with Crippen LogP contribution in [0.25, 0.3) is 21.7 Å². The number of amides is 2. The Morgan fingerprint density at radius 3 is 2.28 bits per heavy atom. The zero-order valence-corrected chi connectivity index (χ0v) is 43.9. The summed E-state index contributed by atoms with van der Waals surface area (Å²) in [6.07, 6.45) is 4.35. The molecule has 5 saturated heterocycles. The molecule has 5 N–H and O–H groups in total. The molecule has 4 aromatic heterocycles. The Balaban J connectivity index is 0.660. The van der Waals surface area contributed by atoms with E-state index >= 15 is 0 Å². The number of benzene rings is 2. The number of pyridine rings is 1. The van der Waals surface area contributed by atoms with E-state index in [1.807, 2.05) is 81.9 Å². The van der Waals surface area contributed by atoms with E-state index in [2.05, 4.69) is 62.4 Å². The minimum Gasteiger partial charge on any atom is -0.507 e. The Hall–Kier alpha value is -6.87. The SMILES string of the molecule is Cc1ncsc1-c1ccc([C@H](C)NC(=O)[C@@H]2C[C@@H](O)CN2C(=O)C(c2cc(OCCN3CCN(CCOc4cc(N5CC6CCCC5CN6c5cc(-c6ccccc6O)nnc5N)ccn4)CC3)no2)C(C)C)cc1. The topological polar surface area (TPSA) is 225 Å². The van der Waals surface area contributed by atoms with Crippen LogP contribution < -0.4 is 30.3 Å². The summed E-state index contributed by atoms with van der Waals surface area (Å²) in [4.78, 5) is 49.1. The molecule has 75 heavy (non-hydrogen) atoms. The number of hydrogen-bond acceptors (Lipinski definition) is 18. The van der Waals surface area contributed by atoms with E-state index in [1.54, 1.807) is 29.5 Å². The van der Waals surface area contributed by atoms with E-state index in [4.69, 9.17) is 19.7 Å². The number of carbonyl (C=O) groups is 2. The van der Waals surface area contributed by atoms with Gasteiger partial charge in [0.2, 0.25) is 17.7 Å². The predicted octanol–water partition coefficient (Wildman–Crippen LogP) is 6.15. The molecule has 9 heterocycles. The minimum absolute atomic E-state index is 0.0519. The standard InChI is InChI=1S/C55H68N12O7S/c1-34(2)51(55(71)67-32-42(68)27-46(67)54(70)59-35(3)37-12-14-38(15-13-37)52-36(4)58-33-75-52)48-29-50(62-74-48)73-25-23-64-20-18-63(19-21-64)22-24-72-49-26-39(16-17-57-49)65-30-41-9-7-8-40(65)31-66(41)45-28-44(60-61-53(45)56)43-10-5-6-11-47(43)69/h5-6,10-17,26,28-29,33-35,40-42,46,51,68-69H,7-9,18-25,27,30-32H2,1-4H3,(H2,56,61)(H,59,70)/t35-,40?,41?,42+,46-,51?/m0/s1. The van der Waals surface area contributed by atoms with E-state index in [0.717, 1.165) is 98.1 Å². The third-order valence-corrected chi connectivity index (χ3v) is 16.3. The number of nitrogens with two attached hydrogens (primary N) is 1. The van der Waals surface area contributed by atoms with Crippen LogP contribution in [0, 0.1) is 12.8 Å². The first-order valence-corrected chi connectivity index (χ1v) is 27.1. The van der Waals surface area contributed by atoms with Gasteiger partial charge >= 0.3 is 0 Å². The van der Waals surface area contributed by atoms with Crippen molar-refractivity contribution in [2.45, 2.75) is 89.6 Å². The maximum atomic E-state index is 14.2. The van der Waals surface area contributed by atoms with Gasteiger partial charge in [-0.2, -0.15) is 0 Å². The van der Waals surface area contributed by atoms with Crippen LogP contribution >= 0.6 is 11.3 Å². The molecule has 19 nitrogen and oxygen atoms in total. The second kappa shape index (κ2) is 22.9. The van der Waals surface area contributed by atoms with Gasteiger partial charge in [0.1, 0.15) is 30.9 Å². The third kappa shape index (κ3) is 11.7. The molecule has 5 aliphatic heterocycles. The van der Waals surface area contributed by atoms with Crippen LogP contribution in [-0.4, -0.2) is 158 Å². The molecule has 0 radical (unpaired) electrons. The first-order chi connectivity index (χ1) is 36.4. The molecule has 11 rings (SSSR count). The average Bonchev–Trinajstić information content (AvgIpc) is 4.09. The summed E-state index contributed by atoms with van der Waals surface area (Å²) in [6.45, 7) is 15.4. The van der Waals surface area contributed by atoms with Crippen molar-refractivity contribution in [1.82, 2.24) is 45.3 Å². The molecule has 6 aromatic rings. The zero-order chi connectivity index (χ0) is 52.2. The molecular weight excluding hydrogens is 973 g/mol. The molecule has 2 aromatic carbocycles. The van der Waals surface area contributed by atoms with E-state index in [1.165, 1.54) is 4.90 Å². The van der Waals surface area contributed by atoms with Gasteiger partial charge in [-0.3, -0.25) is 19.4 Å². The number of hydrogen-bond donors (Lipinski definition) is 4. The van der Waals surface area contributed by atoms with Gasteiger partial charge in [0.15, 0.2) is 11.6 Å². The van der Waals surface area contributed by atoms with Crippen LogP contribution in [0.5, 0.6) is 17.5 Å². The Morgan fingerprint density at radius 1 is 0.867 bits per heavy atom. The number of β-amino-alcohol motifs (C(OH)–C–C–N with tert-alkyl or cyclic N) is 1. The lowest BCUT2D eigenvalue weighted by atomic mass is 9.91. The third-order valence-electron chi connectivity index (χ3n) is 15.3. The van der Waals surface area contributed by atoms with Gasteiger partial charge in [0, 0.05) is 107 Å². The normalized spacial score (nSPS) is 21.1. The fraction of sp³-hybridized carbons (Fsp3) is 0.473. The highest BCUT2D eigenvalue weighted by Gasteiger charge is 2.44. The molecular formula is C55H68N12O7S. The van der Waals surface area contributed by atoms with E-state index in [0.29, 0.717) is 54.4 Å². The van der Waals surface area contributed by atoms with E-state index in [-0.39, 0.29) is 54.6 Å². The number of likely N-dealkylation sites (tertiary alicyclic amines) is 1. The number of nitrogen functional groups attached to an aromatic ring is 1. The van der Waals surface area contributed by atoms with Crippen LogP contribution in [0.3, 0.4) is 0 Å². The highest BCUT2D eigenvalue weighted by molar-refractivity contribution is 7.13. The number of para-hydroxylation sites is 1. The van der Waals surface area contributed by atoms with E-state index < -0.39 is 18.1 Å². The van der Waals surface area contributed by atoms with Crippen LogP contribution in [0.4, 0.5) is 17.2 Å². The number of piperazine rings is 2. The highest BCUT2D eigenvalue weighted by Crippen LogP contribution is 2.39. The number of aryl methyl sites for hydroxylation is 1. The van der Waals surface area contributed by atoms with Gasteiger partial charge in [-0.25, -0.2) is 9.97 Å². The van der Waals surface area contributed by atoms with Gasteiger partial charge in [-0.15, -0.1) is 21.5 Å². The first-order valence-electron chi connectivity index (χ1n) is 26.2. The number of rotatable bonds is 18. The Kier molecular flexibility index (Phi) is 15.8. The maximum Gasteiger partial charge on any atom is 0.254 e. The van der Waals surface area contributed by atoms with E-state index in [9.17, 15) is 19.8 Å². The van der Waals surface area contributed by atoms with Crippen molar-refractivity contribution in [3.63, 3.8) is 0 Å². The number of carbonyl (C=O) groups excluding carboxylic acids is 2. The second-order valence-electron chi connectivity index (χ2n) is 20.6. The molecule has 0 saturated carbocycles. The van der Waals surface area contributed by atoms with Crippen LogP contribution in [0.15, 0.2) is 89.0 Å². The van der Waals surface area contributed by atoms with Gasteiger partial charge in [0.05, 0.1) is 39.6 Å². The number of phenolic OH excluding ortho intramolecular Hbond substituents is 1. The monoisotopic (exact) mass is 1040 g/mol. The number of thiazole rings is 1. The predicted molar refractivity (Wildman–Crippen MR) is 287 cm³/mol. The zero-order valence-electron chi connectivity index (χ0n) is 43.1. The van der Waals surface area contributed by atoms with Crippen molar-refractivity contribution in [3.05, 3.63) is 102 Å². The summed E-state index contributed by atoms with van der Waals surface area (Å²) in [6, 6.07) is 22.3. The van der Waals surface area contributed by atoms with Gasteiger partial charge in [-0.05, 0) is 79.6 Å².